The number of nitriles is 1. The van der Waals surface area contributed by atoms with E-state index in [0.29, 0.717) is 5.56 Å². The van der Waals surface area contributed by atoms with Gasteiger partial charge < -0.3 is 10.0 Å². The van der Waals surface area contributed by atoms with E-state index in [1.54, 1.807) is 24.3 Å². The van der Waals surface area contributed by atoms with Crippen LogP contribution in [0.5, 0.6) is 0 Å². The Bertz CT molecular complexity index is 1040. The third-order valence-electron chi connectivity index (χ3n) is 4.21. The zero-order valence-electron chi connectivity index (χ0n) is 15.1. The lowest BCUT2D eigenvalue weighted by atomic mass is 10.1. The van der Waals surface area contributed by atoms with Crippen LogP contribution in [0.2, 0.25) is 0 Å². The number of para-hydroxylation sites is 1. The van der Waals surface area contributed by atoms with Gasteiger partial charge >= 0.3 is 5.97 Å². The van der Waals surface area contributed by atoms with Gasteiger partial charge in [-0.2, -0.15) is 5.26 Å². The van der Waals surface area contributed by atoms with Crippen LogP contribution >= 0.6 is 0 Å². The number of carboxylic acid groups (broad SMARTS) is 1. The number of benzene rings is 3. The molecule has 0 aliphatic heterocycles. The predicted octanol–water partition coefficient (Wildman–Crippen LogP) is 5.79. The smallest absolute Gasteiger partial charge is 0.346 e. The first-order valence-corrected chi connectivity index (χ1v) is 8.65. The Labute approximate surface area is 163 Å². The Kier molecular flexibility index (Phi) is 5.69. The molecule has 3 aromatic rings. The first-order valence-electron chi connectivity index (χ1n) is 8.65. The lowest BCUT2D eigenvalue weighted by Gasteiger charge is -2.25. The average molecular weight is 366 g/mol. The van der Waals surface area contributed by atoms with E-state index in [1.165, 1.54) is 6.08 Å². The lowest BCUT2D eigenvalue weighted by molar-refractivity contribution is -0.132. The van der Waals surface area contributed by atoms with Gasteiger partial charge in [0.1, 0.15) is 11.6 Å². The third-order valence-corrected chi connectivity index (χ3v) is 4.21. The summed E-state index contributed by atoms with van der Waals surface area (Å²) in [5, 5.41) is 17.9. The van der Waals surface area contributed by atoms with Crippen LogP contribution in [0, 0.1) is 11.3 Å². The summed E-state index contributed by atoms with van der Waals surface area (Å²) in [5.74, 6) is -1.24. The molecule has 0 fully saturated rings. The number of nitrogens with zero attached hydrogens (tertiary/aromatic N) is 2. The van der Waals surface area contributed by atoms with Crippen LogP contribution in [0.4, 0.5) is 17.1 Å². The Morgan fingerprint density at radius 3 is 1.82 bits per heavy atom. The zero-order valence-corrected chi connectivity index (χ0v) is 15.1. The summed E-state index contributed by atoms with van der Waals surface area (Å²) in [6.07, 6.45) is 3.16. The maximum Gasteiger partial charge on any atom is 0.346 e. The zero-order chi connectivity index (χ0) is 19.9. The van der Waals surface area contributed by atoms with Crippen molar-refractivity contribution in [3.8, 4) is 6.07 Å². The minimum Gasteiger partial charge on any atom is -0.477 e. The molecule has 0 amide bonds. The quantitative estimate of drug-likeness (QED) is 0.443. The summed E-state index contributed by atoms with van der Waals surface area (Å²) in [4.78, 5) is 13.1. The van der Waals surface area contributed by atoms with Crippen LogP contribution in [0.25, 0.3) is 12.2 Å². The number of aliphatic carboxylic acids is 1. The summed E-state index contributed by atoms with van der Waals surface area (Å²) < 4.78 is 0. The molecule has 0 heterocycles. The monoisotopic (exact) mass is 366 g/mol. The second kappa shape index (κ2) is 8.52. The van der Waals surface area contributed by atoms with E-state index >= 15 is 0 Å². The Balaban J connectivity index is 2.02. The van der Waals surface area contributed by atoms with Crippen LogP contribution in [0.15, 0.2) is 91.0 Å². The Morgan fingerprint density at radius 2 is 1.36 bits per heavy atom. The number of carboxylic acids is 1. The van der Waals surface area contributed by atoms with Crippen molar-refractivity contribution in [2.45, 2.75) is 0 Å². The fraction of sp³-hybridized carbons (Fsp3) is 0. The Hall–Kier alpha value is -4.10. The minimum atomic E-state index is -1.24. The minimum absolute atomic E-state index is 0.298. The fourth-order valence-corrected chi connectivity index (χ4v) is 2.81. The van der Waals surface area contributed by atoms with Crippen LogP contribution in [-0.4, -0.2) is 11.1 Å². The summed E-state index contributed by atoms with van der Waals surface area (Å²) in [7, 11) is 0. The molecule has 0 aliphatic carbocycles. The van der Waals surface area contributed by atoms with Gasteiger partial charge in [0.15, 0.2) is 0 Å². The van der Waals surface area contributed by atoms with Crippen LogP contribution in [0.1, 0.15) is 11.1 Å². The van der Waals surface area contributed by atoms with Gasteiger partial charge in [-0.1, -0.05) is 55.1 Å². The van der Waals surface area contributed by atoms with E-state index in [1.807, 2.05) is 66.7 Å². The van der Waals surface area contributed by atoms with Crippen molar-refractivity contribution in [2.75, 3.05) is 4.90 Å². The van der Waals surface area contributed by atoms with Gasteiger partial charge in [-0.15, -0.1) is 0 Å². The highest BCUT2D eigenvalue weighted by atomic mass is 16.4. The van der Waals surface area contributed by atoms with Gasteiger partial charge in [0.25, 0.3) is 0 Å². The van der Waals surface area contributed by atoms with Gasteiger partial charge in [-0.3, -0.25) is 0 Å². The predicted molar refractivity (Wildman–Crippen MR) is 112 cm³/mol. The van der Waals surface area contributed by atoms with Crippen LogP contribution < -0.4 is 4.90 Å². The summed E-state index contributed by atoms with van der Waals surface area (Å²) >= 11 is 0. The molecule has 4 heteroatoms. The van der Waals surface area contributed by atoms with Crippen molar-refractivity contribution >= 4 is 35.2 Å². The number of carbonyl (C=O) groups is 1. The summed E-state index contributed by atoms with van der Waals surface area (Å²) in [6.45, 7) is 3.79. The molecule has 1 N–H and O–H groups in total. The normalized spacial score (nSPS) is 10.8. The summed E-state index contributed by atoms with van der Waals surface area (Å²) in [5.41, 5.74) is 4.30. The van der Waals surface area contributed by atoms with Crippen molar-refractivity contribution in [3.05, 3.63) is 102 Å². The second-order valence-corrected chi connectivity index (χ2v) is 6.03. The van der Waals surface area contributed by atoms with Gasteiger partial charge in [0.2, 0.25) is 0 Å². The fourth-order valence-electron chi connectivity index (χ4n) is 2.81. The molecule has 0 unspecified atom stereocenters. The van der Waals surface area contributed by atoms with Crippen molar-refractivity contribution in [1.82, 2.24) is 0 Å². The largest absolute Gasteiger partial charge is 0.477 e. The molecular weight excluding hydrogens is 348 g/mol. The SMILES string of the molecule is C=Cc1ccc(N(c2ccccc2)c2ccc(/C=C(/C#N)C(=O)O)cc2)cc1. The van der Waals surface area contributed by atoms with Gasteiger partial charge in [-0.25, -0.2) is 4.79 Å². The molecule has 3 aromatic carbocycles. The van der Waals surface area contributed by atoms with Crippen molar-refractivity contribution < 1.29 is 9.90 Å². The number of hydrogen-bond acceptors (Lipinski definition) is 3. The molecule has 0 saturated heterocycles. The van der Waals surface area contributed by atoms with E-state index in [0.717, 1.165) is 22.6 Å². The van der Waals surface area contributed by atoms with Gasteiger partial charge in [-0.05, 0) is 53.6 Å². The molecule has 0 saturated carbocycles. The second-order valence-electron chi connectivity index (χ2n) is 6.03. The average Bonchev–Trinajstić information content (AvgIpc) is 2.74. The molecule has 4 nitrogen and oxygen atoms in total. The number of hydrogen-bond donors (Lipinski definition) is 1. The van der Waals surface area contributed by atoms with E-state index in [-0.39, 0.29) is 5.57 Å². The van der Waals surface area contributed by atoms with E-state index in [2.05, 4.69) is 11.5 Å². The molecule has 0 radical (unpaired) electrons. The highest BCUT2D eigenvalue weighted by Gasteiger charge is 2.12. The molecule has 136 valence electrons. The van der Waals surface area contributed by atoms with Crippen molar-refractivity contribution in [2.24, 2.45) is 0 Å². The number of rotatable bonds is 6. The van der Waals surface area contributed by atoms with E-state index in [9.17, 15) is 4.79 Å². The first-order chi connectivity index (χ1) is 13.6. The lowest BCUT2D eigenvalue weighted by Crippen LogP contribution is -2.09. The molecule has 28 heavy (non-hydrogen) atoms. The highest BCUT2D eigenvalue weighted by molar-refractivity contribution is 5.96. The van der Waals surface area contributed by atoms with Crippen LogP contribution in [-0.2, 0) is 4.79 Å². The Morgan fingerprint density at radius 1 is 0.857 bits per heavy atom. The summed E-state index contributed by atoms with van der Waals surface area (Å²) in [6, 6.07) is 27.1. The molecule has 0 atom stereocenters. The number of anilines is 3. The van der Waals surface area contributed by atoms with E-state index < -0.39 is 5.97 Å². The molecular formula is C24H18N2O2. The molecule has 3 rings (SSSR count). The maximum atomic E-state index is 11.0. The maximum absolute atomic E-state index is 11.0. The van der Waals surface area contributed by atoms with Crippen molar-refractivity contribution in [1.29, 1.82) is 5.26 Å². The van der Waals surface area contributed by atoms with Crippen LogP contribution in [0.3, 0.4) is 0 Å². The van der Waals surface area contributed by atoms with Crippen molar-refractivity contribution in [3.63, 3.8) is 0 Å². The van der Waals surface area contributed by atoms with Gasteiger partial charge in [0, 0.05) is 17.1 Å². The molecule has 0 aromatic heterocycles. The third kappa shape index (κ3) is 4.17. The molecule has 0 aliphatic rings. The first kappa shape index (κ1) is 18.7. The van der Waals surface area contributed by atoms with E-state index in [4.69, 9.17) is 10.4 Å². The topological polar surface area (TPSA) is 64.3 Å². The van der Waals surface area contributed by atoms with Gasteiger partial charge in [0.05, 0.1) is 0 Å². The molecule has 0 bridgehead atoms. The highest BCUT2D eigenvalue weighted by Crippen LogP contribution is 2.34. The molecule has 0 spiro atoms. The standard InChI is InChI=1S/C24H18N2O2/c1-2-18-8-12-22(13-9-18)26(21-6-4-3-5-7-21)23-14-10-19(11-15-23)16-20(17-25)24(27)28/h2-16H,1H2,(H,27,28)/b20-16-.